The maximum atomic E-state index is 12.5. The number of benzene rings is 2. The van der Waals surface area contributed by atoms with E-state index in [-0.39, 0.29) is 24.5 Å². The molecule has 3 aromatic rings. The minimum Gasteiger partial charge on any atom is -0.508 e. The van der Waals surface area contributed by atoms with Crippen molar-refractivity contribution < 1.29 is 28.5 Å². The molecule has 0 amide bonds. The lowest BCUT2D eigenvalue weighted by Gasteiger charge is -2.20. The maximum Gasteiger partial charge on any atom is 0.152 e. The highest BCUT2D eigenvalue weighted by molar-refractivity contribution is 7.83. The number of phenolic OH excluding ortho intramolecular Hbond substituents is 1. The Kier molecular flexibility index (Phi) is 6.19. The van der Waals surface area contributed by atoms with E-state index < -0.39 is 22.4 Å². The number of aromatic nitrogens is 2. The zero-order chi connectivity index (χ0) is 21.0. The summed E-state index contributed by atoms with van der Waals surface area (Å²) in [6.45, 7) is 0.277. The van der Waals surface area contributed by atoms with Crippen LogP contribution in [0.3, 0.4) is 0 Å². The minimum absolute atomic E-state index is 0.0576. The first-order valence-corrected chi connectivity index (χ1v) is 9.57. The lowest BCUT2D eigenvalue weighted by atomic mass is 10.1. The van der Waals surface area contributed by atoms with Gasteiger partial charge in [-0.1, -0.05) is 6.07 Å². The van der Waals surface area contributed by atoms with Crippen LogP contribution in [-0.2, 0) is 11.0 Å². The molecular formula is C18H17FN4O5S. The van der Waals surface area contributed by atoms with Crippen LogP contribution in [0.25, 0.3) is 11.0 Å². The van der Waals surface area contributed by atoms with Gasteiger partial charge in [-0.3, -0.25) is 0 Å². The van der Waals surface area contributed by atoms with Gasteiger partial charge in [0.2, 0.25) is 0 Å². The normalized spacial score (nSPS) is 20.1. The summed E-state index contributed by atoms with van der Waals surface area (Å²) in [4.78, 5) is 0.501. The van der Waals surface area contributed by atoms with Crippen LogP contribution in [0, 0.1) is 17.1 Å². The topological polar surface area (TPSA) is 144 Å². The summed E-state index contributed by atoms with van der Waals surface area (Å²) in [5.41, 5.74) is -0.230. The number of hydrogen-bond donors (Lipinski definition) is 3. The lowest BCUT2D eigenvalue weighted by molar-refractivity contribution is -0.000501. The molecule has 2 aromatic carbocycles. The number of fused-ring (bicyclic) bond motifs is 1. The third kappa shape index (κ3) is 4.57. The van der Waals surface area contributed by atoms with Gasteiger partial charge in [0, 0.05) is 19.2 Å². The minimum atomic E-state index is -1.46. The number of phenols is 1. The van der Waals surface area contributed by atoms with E-state index in [0.29, 0.717) is 28.9 Å². The molecule has 0 saturated carbocycles. The van der Waals surface area contributed by atoms with Crippen LogP contribution in [0.4, 0.5) is 4.39 Å². The van der Waals surface area contributed by atoms with Gasteiger partial charge in [0.05, 0.1) is 17.1 Å². The van der Waals surface area contributed by atoms with Crippen LogP contribution in [0.2, 0.25) is 0 Å². The Morgan fingerprint density at radius 1 is 1.34 bits per heavy atom. The fourth-order valence-corrected chi connectivity index (χ4v) is 4.14. The van der Waals surface area contributed by atoms with Crippen LogP contribution in [0.15, 0.2) is 45.9 Å². The van der Waals surface area contributed by atoms with Crippen molar-refractivity contribution in [2.75, 3.05) is 19.7 Å². The molecule has 1 aromatic heterocycles. The molecule has 0 radical (unpaired) electrons. The van der Waals surface area contributed by atoms with Crippen molar-refractivity contribution in [1.82, 2.24) is 14.6 Å². The molecule has 0 aliphatic carbocycles. The Morgan fingerprint density at radius 2 is 2.14 bits per heavy atom. The summed E-state index contributed by atoms with van der Waals surface area (Å²) in [5, 5.41) is 43.5. The molecule has 0 bridgehead atoms. The van der Waals surface area contributed by atoms with Gasteiger partial charge < -0.3 is 15.3 Å². The van der Waals surface area contributed by atoms with Crippen molar-refractivity contribution in [3.05, 3.63) is 47.8 Å². The van der Waals surface area contributed by atoms with Crippen molar-refractivity contribution in [2.24, 2.45) is 0 Å². The first-order valence-electron chi connectivity index (χ1n) is 8.47. The summed E-state index contributed by atoms with van der Waals surface area (Å²) >= 11 is 0. The average Bonchev–Trinajstić information content (AvgIpc) is 3.35. The van der Waals surface area contributed by atoms with Crippen LogP contribution < -0.4 is 0 Å². The molecule has 1 saturated heterocycles. The summed E-state index contributed by atoms with van der Waals surface area (Å²) in [5.74, 6) is -0.862. The van der Waals surface area contributed by atoms with Gasteiger partial charge in [-0.15, -0.1) is 0 Å². The number of aromatic hydroxyl groups is 1. The van der Waals surface area contributed by atoms with Crippen molar-refractivity contribution in [3.8, 4) is 11.8 Å². The highest BCUT2D eigenvalue weighted by atomic mass is 32.2. The standard InChI is InChI=1S/C11H13N3O4S.C7H4FNO/c15-7-11(16)4-5-14(6-11)19(17)9-3-1-2-8-10(9)13-18-12-8;8-7-3-6(10)2-1-5(7)4-9/h1-3,15-16H,4-7H2;1-3,10H. The van der Waals surface area contributed by atoms with Crippen LogP contribution in [0.1, 0.15) is 12.0 Å². The summed E-state index contributed by atoms with van der Waals surface area (Å²) in [6, 6.07) is 10.2. The molecule has 0 spiro atoms. The van der Waals surface area contributed by atoms with Gasteiger partial charge in [0.15, 0.2) is 5.52 Å². The zero-order valence-electron chi connectivity index (χ0n) is 15.0. The highest BCUT2D eigenvalue weighted by Gasteiger charge is 2.38. The largest absolute Gasteiger partial charge is 0.508 e. The smallest absolute Gasteiger partial charge is 0.152 e. The predicted octanol–water partition coefficient (Wildman–Crippen LogP) is 1.08. The van der Waals surface area contributed by atoms with E-state index in [1.165, 1.54) is 12.1 Å². The predicted molar refractivity (Wildman–Crippen MR) is 99.2 cm³/mol. The third-order valence-electron chi connectivity index (χ3n) is 4.34. The van der Waals surface area contributed by atoms with Crippen LogP contribution in [-0.4, -0.2) is 59.4 Å². The van der Waals surface area contributed by atoms with Crippen molar-refractivity contribution in [3.63, 3.8) is 0 Å². The van der Waals surface area contributed by atoms with Gasteiger partial charge >= 0.3 is 0 Å². The second-order valence-electron chi connectivity index (χ2n) is 6.41. The van der Waals surface area contributed by atoms with E-state index in [2.05, 4.69) is 14.9 Å². The molecule has 2 atom stereocenters. The maximum absolute atomic E-state index is 12.5. The average molecular weight is 420 g/mol. The van der Waals surface area contributed by atoms with E-state index in [0.717, 1.165) is 6.07 Å². The van der Waals surface area contributed by atoms with E-state index >= 15 is 0 Å². The Morgan fingerprint density at radius 3 is 2.79 bits per heavy atom. The molecule has 1 fully saturated rings. The van der Waals surface area contributed by atoms with E-state index in [9.17, 15) is 13.7 Å². The number of aliphatic hydroxyl groups is 2. The highest BCUT2D eigenvalue weighted by Crippen LogP contribution is 2.27. The number of nitriles is 1. The number of rotatable bonds is 3. The third-order valence-corrected chi connectivity index (χ3v) is 5.82. The number of halogens is 1. The Hall–Kier alpha value is -2.91. The first-order chi connectivity index (χ1) is 13.9. The van der Waals surface area contributed by atoms with Gasteiger partial charge in [0.1, 0.15) is 39.7 Å². The monoisotopic (exact) mass is 420 g/mol. The Bertz CT molecular complexity index is 1090. The van der Waals surface area contributed by atoms with E-state index in [1.807, 2.05) is 0 Å². The Balaban J connectivity index is 0.000000204. The molecule has 3 N–H and O–H groups in total. The lowest BCUT2D eigenvalue weighted by Crippen LogP contribution is -2.37. The SMILES string of the molecule is N#Cc1ccc(O)cc1F.O=S(c1cccc2nonc12)N1CCC(O)(CO)C1. The zero-order valence-corrected chi connectivity index (χ0v) is 15.8. The molecule has 11 heteroatoms. The van der Waals surface area contributed by atoms with Gasteiger partial charge in [-0.2, -0.15) is 5.26 Å². The number of β-amino-alcohol motifs (C(OH)–C–C–N with tert-alkyl or cyclic N) is 1. The fourth-order valence-electron chi connectivity index (χ4n) is 2.75. The second-order valence-corrected chi connectivity index (χ2v) is 7.86. The molecule has 9 nitrogen and oxygen atoms in total. The van der Waals surface area contributed by atoms with Crippen molar-refractivity contribution >= 4 is 22.0 Å². The summed E-state index contributed by atoms with van der Waals surface area (Å²) in [7, 11) is -1.46. The summed E-state index contributed by atoms with van der Waals surface area (Å²) in [6.07, 6.45) is 0.391. The van der Waals surface area contributed by atoms with Crippen LogP contribution in [0.5, 0.6) is 5.75 Å². The number of aliphatic hydroxyl groups excluding tert-OH is 1. The van der Waals surface area contributed by atoms with E-state index in [1.54, 1.807) is 28.6 Å². The van der Waals surface area contributed by atoms with Gasteiger partial charge in [0.25, 0.3) is 0 Å². The van der Waals surface area contributed by atoms with Gasteiger partial charge in [-0.05, 0) is 41.0 Å². The quantitative estimate of drug-likeness (QED) is 0.571. The number of hydrogen-bond acceptors (Lipinski definition) is 8. The molecule has 29 heavy (non-hydrogen) atoms. The second kappa shape index (κ2) is 8.62. The van der Waals surface area contributed by atoms with Crippen molar-refractivity contribution in [1.29, 1.82) is 5.26 Å². The van der Waals surface area contributed by atoms with E-state index in [4.69, 9.17) is 15.5 Å². The molecular weight excluding hydrogens is 403 g/mol. The molecule has 2 heterocycles. The number of nitrogens with zero attached hydrogens (tertiary/aromatic N) is 4. The molecule has 2 unspecified atom stereocenters. The Labute approximate surface area is 167 Å². The fraction of sp³-hybridized carbons (Fsp3) is 0.278. The molecule has 1 aliphatic heterocycles. The summed E-state index contributed by atoms with van der Waals surface area (Å²) < 4.78 is 31.2. The van der Waals surface area contributed by atoms with Crippen LogP contribution >= 0.6 is 0 Å². The molecule has 1 aliphatic rings. The first kappa shape index (κ1) is 20.8. The molecule has 152 valence electrons. The van der Waals surface area contributed by atoms with Crippen molar-refractivity contribution in [2.45, 2.75) is 16.9 Å². The van der Waals surface area contributed by atoms with Gasteiger partial charge in [-0.25, -0.2) is 17.5 Å². The molecule has 4 rings (SSSR count).